The number of aromatic nitrogens is 3. The van der Waals surface area contributed by atoms with Crippen molar-refractivity contribution in [1.29, 1.82) is 0 Å². The van der Waals surface area contributed by atoms with Gasteiger partial charge in [0, 0.05) is 54.7 Å². The molecular weight excluding hydrogens is 504 g/mol. The number of methoxy groups -OCH3 is 1. The average Bonchev–Trinajstić information content (AvgIpc) is 3.27. The summed E-state index contributed by atoms with van der Waals surface area (Å²) in [7, 11) is -2.11. The van der Waals surface area contributed by atoms with Crippen molar-refractivity contribution < 1.29 is 17.9 Å². The van der Waals surface area contributed by atoms with Crippen molar-refractivity contribution in [2.75, 3.05) is 42.9 Å². The Morgan fingerprint density at radius 2 is 1.76 bits per heavy atom. The highest BCUT2D eigenvalue weighted by molar-refractivity contribution is 7.92. The molecule has 38 heavy (non-hydrogen) atoms. The molecule has 4 aromatic rings. The van der Waals surface area contributed by atoms with Crippen molar-refractivity contribution in [2.45, 2.75) is 24.8 Å². The van der Waals surface area contributed by atoms with Gasteiger partial charge in [0.15, 0.2) is 0 Å². The van der Waals surface area contributed by atoms with Gasteiger partial charge in [-0.3, -0.25) is 9.52 Å². The predicted octanol–water partition coefficient (Wildman–Crippen LogP) is 3.46. The van der Waals surface area contributed by atoms with Crippen molar-refractivity contribution in [3.63, 3.8) is 0 Å². The average molecular weight is 535 g/mol. The Hall–Kier alpha value is -4.12. The van der Waals surface area contributed by atoms with Crippen molar-refractivity contribution in [1.82, 2.24) is 19.4 Å². The molecule has 5 rings (SSSR count). The number of hydrogen-bond acceptors (Lipinski definition) is 7. The van der Waals surface area contributed by atoms with E-state index >= 15 is 0 Å². The normalized spacial score (nSPS) is 14.9. The van der Waals surface area contributed by atoms with E-state index in [1.807, 2.05) is 36.9 Å². The molecule has 2 aromatic heterocycles. The summed E-state index contributed by atoms with van der Waals surface area (Å²) in [5, 5.41) is 1.05. The van der Waals surface area contributed by atoms with Crippen LogP contribution in [0, 0.1) is 6.92 Å². The van der Waals surface area contributed by atoms with Gasteiger partial charge >= 0.3 is 0 Å². The molecule has 11 heteroatoms. The lowest BCUT2D eigenvalue weighted by Gasteiger charge is -2.37. The number of benzene rings is 2. The largest absolute Gasteiger partial charge is 0.497 e. The number of piperazine rings is 1. The number of carbonyl (C=O) groups is 1. The minimum Gasteiger partial charge on any atom is -0.497 e. The molecule has 0 aliphatic carbocycles. The monoisotopic (exact) mass is 534 g/mol. The van der Waals surface area contributed by atoms with Crippen LogP contribution in [-0.4, -0.2) is 67.0 Å². The number of nitrogens with one attached hydrogen (secondary N) is 1. The molecule has 0 radical (unpaired) electrons. The summed E-state index contributed by atoms with van der Waals surface area (Å²) in [6.07, 6.45) is 2.75. The quantitative estimate of drug-likeness (QED) is 0.387. The van der Waals surface area contributed by atoms with E-state index in [1.54, 1.807) is 31.4 Å². The molecule has 0 saturated carbocycles. The Bertz CT molecular complexity index is 1550. The second-order valence-electron chi connectivity index (χ2n) is 9.26. The van der Waals surface area contributed by atoms with Gasteiger partial charge in [0.25, 0.3) is 10.0 Å². The fraction of sp³-hybridized carbons (Fsp3) is 0.296. The van der Waals surface area contributed by atoms with Crippen LogP contribution in [-0.2, 0) is 14.8 Å². The van der Waals surface area contributed by atoms with Crippen LogP contribution >= 0.6 is 0 Å². The van der Waals surface area contributed by atoms with Gasteiger partial charge in [0.1, 0.15) is 23.9 Å². The molecule has 0 unspecified atom stereocenters. The minimum atomic E-state index is -3.76. The van der Waals surface area contributed by atoms with Crippen LogP contribution in [0.1, 0.15) is 18.7 Å². The first-order valence-electron chi connectivity index (χ1n) is 12.3. The third-order valence-electron chi connectivity index (χ3n) is 6.91. The highest BCUT2D eigenvalue weighted by Gasteiger charge is 2.28. The van der Waals surface area contributed by atoms with Gasteiger partial charge < -0.3 is 19.1 Å². The highest BCUT2D eigenvalue weighted by atomic mass is 32.2. The zero-order valence-electron chi connectivity index (χ0n) is 21.5. The van der Waals surface area contributed by atoms with Gasteiger partial charge in [-0.25, -0.2) is 18.4 Å². The molecule has 10 nitrogen and oxygen atoms in total. The summed E-state index contributed by atoms with van der Waals surface area (Å²) in [4.78, 5) is 25.4. The van der Waals surface area contributed by atoms with Gasteiger partial charge in [-0.1, -0.05) is 0 Å². The van der Waals surface area contributed by atoms with Gasteiger partial charge in [-0.05, 0) is 68.4 Å². The van der Waals surface area contributed by atoms with Crippen LogP contribution in [0.3, 0.4) is 0 Å². The van der Waals surface area contributed by atoms with E-state index in [4.69, 9.17) is 4.74 Å². The maximum Gasteiger partial charge on any atom is 0.263 e. The minimum absolute atomic E-state index is 0.0818. The third kappa shape index (κ3) is 5.01. The summed E-state index contributed by atoms with van der Waals surface area (Å²) < 4.78 is 35.2. The van der Waals surface area contributed by atoms with E-state index in [0.29, 0.717) is 26.2 Å². The number of fused-ring (bicyclic) bond motifs is 1. The zero-order chi connectivity index (χ0) is 26.9. The van der Waals surface area contributed by atoms with E-state index in [1.165, 1.54) is 18.6 Å². The Labute approximate surface area is 221 Å². The molecule has 1 N–H and O–H groups in total. The molecule has 1 atom stereocenters. The van der Waals surface area contributed by atoms with Gasteiger partial charge in [-0.2, -0.15) is 0 Å². The first-order valence-corrected chi connectivity index (χ1v) is 13.8. The number of hydrogen-bond donors (Lipinski definition) is 1. The van der Waals surface area contributed by atoms with E-state index in [9.17, 15) is 13.2 Å². The molecule has 2 aromatic carbocycles. The Morgan fingerprint density at radius 3 is 2.42 bits per heavy atom. The van der Waals surface area contributed by atoms with Crippen LogP contribution in [0.15, 0.2) is 72.0 Å². The molecular formula is C27H30N6O4S. The second-order valence-corrected chi connectivity index (χ2v) is 10.9. The van der Waals surface area contributed by atoms with Gasteiger partial charge in [0.2, 0.25) is 5.91 Å². The SMILES string of the molecule is COc1ccc2c(c1)cc(C)n2[C@@H](C)C(=O)N1CCN(c2ccc(S(=O)(=O)Nc3ccncn3)cc2)CC1. The van der Waals surface area contributed by atoms with Crippen LogP contribution in [0.2, 0.25) is 0 Å². The number of anilines is 2. The van der Waals surface area contributed by atoms with Crippen LogP contribution in [0.25, 0.3) is 10.9 Å². The lowest BCUT2D eigenvalue weighted by Crippen LogP contribution is -2.50. The molecule has 1 aliphatic rings. The summed E-state index contributed by atoms with van der Waals surface area (Å²) in [5.74, 6) is 1.08. The molecule has 0 spiro atoms. The number of sulfonamides is 1. The number of rotatable bonds is 7. The first-order chi connectivity index (χ1) is 18.3. The number of ether oxygens (including phenoxy) is 1. The number of nitrogens with zero attached hydrogens (tertiary/aromatic N) is 5. The Balaban J connectivity index is 1.23. The van der Waals surface area contributed by atoms with Crippen molar-refractivity contribution in [3.8, 4) is 5.75 Å². The first kappa shape index (κ1) is 25.5. The lowest BCUT2D eigenvalue weighted by molar-refractivity contribution is -0.134. The smallest absolute Gasteiger partial charge is 0.263 e. The van der Waals surface area contributed by atoms with E-state index in [-0.39, 0.29) is 22.7 Å². The summed E-state index contributed by atoms with van der Waals surface area (Å²) >= 11 is 0. The van der Waals surface area contributed by atoms with E-state index < -0.39 is 10.0 Å². The topological polar surface area (TPSA) is 110 Å². The molecule has 0 bridgehead atoms. The predicted molar refractivity (Wildman–Crippen MR) is 146 cm³/mol. The standard InChI is InChI=1S/C27H30N6O4S/c1-19-16-21-17-23(37-3)6-9-25(21)33(19)20(2)27(34)32-14-12-31(13-15-32)22-4-7-24(8-5-22)38(35,36)30-26-10-11-28-18-29-26/h4-11,16-18,20H,12-15H2,1-3H3,(H,28,29,30)/t20-/m0/s1. The van der Waals surface area contributed by atoms with Crippen LogP contribution in [0.4, 0.5) is 11.5 Å². The third-order valence-corrected chi connectivity index (χ3v) is 8.28. The van der Waals surface area contributed by atoms with E-state index in [2.05, 4.69) is 30.2 Å². The number of amides is 1. The summed E-state index contributed by atoms with van der Waals surface area (Å²) in [6.45, 7) is 6.45. The fourth-order valence-corrected chi connectivity index (χ4v) is 5.95. The maximum atomic E-state index is 13.4. The highest BCUT2D eigenvalue weighted by Crippen LogP contribution is 2.29. The molecule has 1 saturated heterocycles. The molecule has 1 aliphatic heterocycles. The number of carbonyl (C=O) groups excluding carboxylic acids is 1. The van der Waals surface area contributed by atoms with Crippen LogP contribution < -0.4 is 14.4 Å². The molecule has 198 valence electrons. The van der Waals surface area contributed by atoms with Crippen molar-refractivity contribution in [3.05, 3.63) is 72.8 Å². The second kappa shape index (κ2) is 10.3. The molecule has 1 amide bonds. The van der Waals surface area contributed by atoms with Crippen LogP contribution in [0.5, 0.6) is 5.75 Å². The maximum absolute atomic E-state index is 13.4. The Morgan fingerprint density at radius 1 is 1.03 bits per heavy atom. The molecule has 1 fully saturated rings. The van der Waals surface area contributed by atoms with Gasteiger partial charge in [-0.15, -0.1) is 0 Å². The summed E-state index contributed by atoms with van der Waals surface area (Å²) in [6, 6.07) is 15.9. The number of aryl methyl sites for hydroxylation is 1. The van der Waals surface area contributed by atoms with Crippen molar-refractivity contribution in [2.24, 2.45) is 0 Å². The van der Waals surface area contributed by atoms with E-state index in [0.717, 1.165) is 28.0 Å². The molecule has 3 heterocycles. The van der Waals surface area contributed by atoms with Gasteiger partial charge in [0.05, 0.1) is 12.0 Å². The fourth-order valence-electron chi connectivity index (χ4n) is 4.94. The lowest BCUT2D eigenvalue weighted by atomic mass is 10.2. The Kier molecular flexibility index (Phi) is 6.94. The van der Waals surface area contributed by atoms with Crippen molar-refractivity contribution >= 4 is 38.3 Å². The summed E-state index contributed by atoms with van der Waals surface area (Å²) in [5.41, 5.74) is 2.94. The zero-order valence-corrected chi connectivity index (χ0v) is 22.4.